The number of benzene rings is 3. The van der Waals surface area contributed by atoms with Crippen molar-refractivity contribution in [2.24, 2.45) is 5.92 Å². The Morgan fingerprint density at radius 1 is 0.930 bits per heavy atom. The van der Waals surface area contributed by atoms with Crippen LogP contribution in [-0.2, 0) is 25.7 Å². The van der Waals surface area contributed by atoms with Gasteiger partial charge in [0.25, 0.3) is 0 Å². The lowest BCUT2D eigenvalue weighted by Gasteiger charge is -2.30. The van der Waals surface area contributed by atoms with Gasteiger partial charge in [-0.2, -0.15) is 0 Å². The zero-order valence-electron chi connectivity index (χ0n) is 22.7. The smallest absolute Gasteiger partial charge is 0.338 e. The molecule has 0 bridgehead atoms. The highest BCUT2D eigenvalue weighted by Crippen LogP contribution is 2.53. The van der Waals surface area contributed by atoms with Crippen LogP contribution in [-0.4, -0.2) is 40.1 Å². The molecule has 0 radical (unpaired) electrons. The highest BCUT2D eigenvalue weighted by molar-refractivity contribution is 8.00. The number of thiazole rings is 1. The summed E-state index contributed by atoms with van der Waals surface area (Å²) in [4.78, 5) is 67.4. The largest absolute Gasteiger partial charge is 0.462 e. The standard InChI is InChI=1S/C31H24FN3O6S2/c1-2-41-30(39)18-10-14-21(15-11-18)35-27(37)24-23(17-8-12-19(32)13-9-17)26-29(42-25(24)28(35)38)34(31(40)43-26)16-22(36)33-20-6-4-3-5-7-20/h3-15,23-25H,2,16H2,1H3,(H,33,36)/t23-,24?,25?/m0/s1. The number of anilines is 2. The molecule has 4 aromatic rings. The van der Waals surface area contributed by atoms with Crippen LogP contribution in [0.15, 0.2) is 88.7 Å². The predicted molar refractivity (Wildman–Crippen MR) is 160 cm³/mol. The lowest BCUT2D eigenvalue weighted by Crippen LogP contribution is -2.33. The van der Waals surface area contributed by atoms with E-state index in [1.807, 2.05) is 6.07 Å². The number of fused-ring (bicyclic) bond motifs is 2. The van der Waals surface area contributed by atoms with Crippen LogP contribution in [0, 0.1) is 11.7 Å². The molecule has 3 aromatic carbocycles. The minimum absolute atomic E-state index is 0.207. The minimum atomic E-state index is -0.905. The molecule has 0 saturated carbocycles. The molecule has 1 N–H and O–H groups in total. The molecule has 3 atom stereocenters. The van der Waals surface area contributed by atoms with Crippen LogP contribution in [0.25, 0.3) is 0 Å². The summed E-state index contributed by atoms with van der Waals surface area (Å²) in [6.07, 6.45) is 0. The molecular weight excluding hydrogens is 593 g/mol. The molecule has 1 fully saturated rings. The Bertz CT molecular complexity index is 1790. The molecular formula is C31H24FN3O6S2. The van der Waals surface area contributed by atoms with Crippen molar-refractivity contribution in [2.75, 3.05) is 16.8 Å². The van der Waals surface area contributed by atoms with Gasteiger partial charge in [-0.25, -0.2) is 14.1 Å². The van der Waals surface area contributed by atoms with Gasteiger partial charge in [0.2, 0.25) is 17.7 Å². The molecule has 9 nitrogen and oxygen atoms in total. The monoisotopic (exact) mass is 617 g/mol. The van der Waals surface area contributed by atoms with Gasteiger partial charge >= 0.3 is 10.8 Å². The molecule has 3 heterocycles. The van der Waals surface area contributed by atoms with Gasteiger partial charge in [0.1, 0.15) is 17.6 Å². The van der Waals surface area contributed by atoms with Crippen LogP contribution < -0.4 is 15.1 Å². The second-order valence-corrected chi connectivity index (χ2v) is 12.0. The van der Waals surface area contributed by atoms with Crippen molar-refractivity contribution in [3.8, 4) is 0 Å². The van der Waals surface area contributed by atoms with Gasteiger partial charge in [-0.05, 0) is 61.0 Å². The molecule has 43 heavy (non-hydrogen) atoms. The maximum Gasteiger partial charge on any atom is 0.338 e. The van der Waals surface area contributed by atoms with Gasteiger partial charge in [0.15, 0.2) is 0 Å². The zero-order chi connectivity index (χ0) is 30.2. The van der Waals surface area contributed by atoms with Crippen molar-refractivity contribution < 1.29 is 28.3 Å². The number of amides is 3. The Labute approximate surface area is 253 Å². The molecule has 0 spiro atoms. The summed E-state index contributed by atoms with van der Waals surface area (Å²) in [5.74, 6) is -3.98. The Balaban J connectivity index is 1.38. The SMILES string of the molecule is CCOC(=O)c1ccc(N2C(=O)C3Sc4c(sc(=O)n4CC(=O)Nc4ccccc4)[C@@H](c4ccc(F)cc4)C3C2=O)cc1. The lowest BCUT2D eigenvalue weighted by atomic mass is 9.83. The molecule has 3 amide bonds. The Morgan fingerprint density at radius 3 is 2.30 bits per heavy atom. The van der Waals surface area contributed by atoms with E-state index in [4.69, 9.17) is 4.74 Å². The Hall–Kier alpha value is -4.55. The fraction of sp³-hybridized carbons (Fsp3) is 0.194. The van der Waals surface area contributed by atoms with Gasteiger partial charge in [-0.15, -0.1) is 0 Å². The number of imide groups is 1. The van der Waals surface area contributed by atoms with Crippen molar-refractivity contribution in [2.45, 2.75) is 29.7 Å². The van der Waals surface area contributed by atoms with Crippen molar-refractivity contribution >= 4 is 58.2 Å². The highest BCUT2D eigenvalue weighted by Gasteiger charge is 2.56. The number of thioether (sulfide) groups is 1. The first-order valence-electron chi connectivity index (χ1n) is 13.4. The third-order valence-corrected chi connectivity index (χ3v) is 9.88. The maximum absolute atomic E-state index is 14.0. The van der Waals surface area contributed by atoms with Gasteiger partial charge in [0, 0.05) is 16.5 Å². The number of nitrogens with one attached hydrogen (secondary N) is 1. The van der Waals surface area contributed by atoms with E-state index in [2.05, 4.69) is 5.32 Å². The predicted octanol–water partition coefficient (Wildman–Crippen LogP) is 4.66. The number of nitrogens with zero attached hydrogens (tertiary/aromatic N) is 2. The van der Waals surface area contributed by atoms with E-state index in [1.165, 1.54) is 41.0 Å². The second kappa shape index (κ2) is 11.6. The van der Waals surface area contributed by atoms with E-state index in [9.17, 15) is 28.4 Å². The molecule has 2 unspecified atom stereocenters. The number of hydrogen-bond acceptors (Lipinski definition) is 8. The number of rotatable bonds is 7. The number of esters is 1. The number of para-hydroxylation sites is 1. The van der Waals surface area contributed by atoms with E-state index >= 15 is 0 Å². The third-order valence-electron chi connectivity index (χ3n) is 7.27. The molecule has 12 heteroatoms. The van der Waals surface area contributed by atoms with E-state index < -0.39 is 51.5 Å². The Morgan fingerprint density at radius 2 is 1.63 bits per heavy atom. The van der Waals surface area contributed by atoms with Gasteiger partial charge in [-0.1, -0.05) is 53.4 Å². The van der Waals surface area contributed by atoms with Crippen LogP contribution in [0.3, 0.4) is 0 Å². The van der Waals surface area contributed by atoms with Crippen molar-refractivity contribution in [1.29, 1.82) is 0 Å². The average Bonchev–Trinajstić information content (AvgIpc) is 3.44. The van der Waals surface area contributed by atoms with Crippen molar-refractivity contribution in [1.82, 2.24) is 4.57 Å². The quantitative estimate of drug-likeness (QED) is 0.237. The minimum Gasteiger partial charge on any atom is -0.462 e. The molecule has 1 saturated heterocycles. The normalized spacial score (nSPS) is 19.1. The Kier molecular flexibility index (Phi) is 7.72. The van der Waals surface area contributed by atoms with Crippen molar-refractivity contribution in [3.63, 3.8) is 0 Å². The first-order chi connectivity index (χ1) is 20.8. The van der Waals surface area contributed by atoms with Crippen LogP contribution >= 0.6 is 23.1 Å². The summed E-state index contributed by atoms with van der Waals surface area (Å²) < 4.78 is 20.3. The first-order valence-corrected chi connectivity index (χ1v) is 15.1. The number of aromatic nitrogens is 1. The van der Waals surface area contributed by atoms with E-state index in [0.29, 0.717) is 26.8 Å². The van der Waals surface area contributed by atoms with Gasteiger partial charge in [0.05, 0.1) is 28.8 Å². The first kappa shape index (κ1) is 28.6. The zero-order valence-corrected chi connectivity index (χ0v) is 24.3. The number of carbonyl (C=O) groups is 4. The lowest BCUT2D eigenvalue weighted by molar-refractivity contribution is -0.122. The summed E-state index contributed by atoms with van der Waals surface area (Å²) in [5, 5.41) is 2.29. The van der Waals surface area contributed by atoms with E-state index in [1.54, 1.807) is 43.3 Å². The van der Waals surface area contributed by atoms with Gasteiger partial charge in [-0.3, -0.25) is 23.7 Å². The van der Waals surface area contributed by atoms with Gasteiger partial charge < -0.3 is 10.1 Å². The third kappa shape index (κ3) is 5.28. The summed E-state index contributed by atoms with van der Waals surface area (Å²) in [7, 11) is 0. The van der Waals surface area contributed by atoms with Crippen LogP contribution in [0.1, 0.15) is 33.6 Å². The average molecular weight is 618 g/mol. The number of carbonyl (C=O) groups excluding carboxylic acids is 4. The summed E-state index contributed by atoms with van der Waals surface area (Å²) in [6, 6.07) is 20.4. The van der Waals surface area contributed by atoms with Crippen LogP contribution in [0.4, 0.5) is 15.8 Å². The number of hydrogen-bond donors (Lipinski definition) is 1. The fourth-order valence-electron chi connectivity index (χ4n) is 5.37. The molecule has 1 aromatic heterocycles. The van der Waals surface area contributed by atoms with E-state index in [-0.39, 0.29) is 18.7 Å². The maximum atomic E-state index is 14.0. The molecule has 2 aliphatic rings. The summed E-state index contributed by atoms with van der Waals surface area (Å²) >= 11 is 1.99. The highest BCUT2D eigenvalue weighted by atomic mass is 32.2. The van der Waals surface area contributed by atoms with Crippen LogP contribution in [0.5, 0.6) is 0 Å². The number of halogens is 1. The summed E-state index contributed by atoms with van der Waals surface area (Å²) in [5.41, 5.74) is 1.71. The number of ether oxygens (including phenoxy) is 1. The summed E-state index contributed by atoms with van der Waals surface area (Å²) in [6.45, 7) is 1.61. The second-order valence-electron chi connectivity index (χ2n) is 9.91. The van der Waals surface area contributed by atoms with Crippen LogP contribution in [0.2, 0.25) is 0 Å². The van der Waals surface area contributed by atoms with Crippen molar-refractivity contribution in [3.05, 3.63) is 110 Å². The molecule has 2 aliphatic heterocycles. The topological polar surface area (TPSA) is 115 Å². The molecule has 0 aliphatic carbocycles. The molecule has 218 valence electrons. The fourth-order valence-corrected chi connectivity index (χ4v) is 8.14. The molecule has 6 rings (SSSR count). The van der Waals surface area contributed by atoms with E-state index in [0.717, 1.165) is 28.0 Å².